The van der Waals surface area contributed by atoms with Crippen LogP contribution in [0.3, 0.4) is 0 Å². The molecule has 1 aromatic carbocycles. The third-order valence-corrected chi connectivity index (χ3v) is 2.81. The zero-order valence-corrected chi connectivity index (χ0v) is 12.0. The minimum atomic E-state index is -0.0797. The first-order valence-corrected chi connectivity index (χ1v) is 6.35. The molecule has 1 aromatic heterocycles. The van der Waals surface area contributed by atoms with E-state index >= 15 is 0 Å². The lowest BCUT2D eigenvalue weighted by Gasteiger charge is -2.08. The molecule has 108 valence electrons. The molecule has 0 bridgehead atoms. The first-order chi connectivity index (χ1) is 9.29. The highest BCUT2D eigenvalue weighted by Gasteiger charge is 2.06. The van der Waals surface area contributed by atoms with Crippen LogP contribution in [0.15, 0.2) is 42.6 Å². The number of benzene rings is 1. The monoisotopic (exact) mass is 294 g/mol. The Morgan fingerprint density at radius 1 is 1.25 bits per heavy atom. The molecule has 0 saturated heterocycles. The first kappa shape index (κ1) is 16.2. The van der Waals surface area contributed by atoms with Crippen LogP contribution in [0.2, 0.25) is 0 Å². The molecule has 1 amide bonds. The van der Waals surface area contributed by atoms with Gasteiger partial charge in [0.25, 0.3) is 0 Å². The minimum Gasteiger partial charge on any atom is -0.330 e. The van der Waals surface area contributed by atoms with Crippen LogP contribution in [0.5, 0.6) is 0 Å². The van der Waals surface area contributed by atoms with Gasteiger partial charge in [0, 0.05) is 25.6 Å². The molecule has 0 radical (unpaired) electrons. The van der Waals surface area contributed by atoms with Gasteiger partial charge in [-0.05, 0) is 12.0 Å². The molecule has 0 unspecified atom stereocenters. The van der Waals surface area contributed by atoms with Crippen LogP contribution in [-0.4, -0.2) is 22.2 Å². The summed E-state index contributed by atoms with van der Waals surface area (Å²) in [6.45, 7) is 1.08. The lowest BCUT2D eigenvalue weighted by Crippen LogP contribution is -2.19. The van der Waals surface area contributed by atoms with Crippen LogP contribution in [0.1, 0.15) is 12.0 Å². The largest absolute Gasteiger partial charge is 0.330 e. The van der Waals surface area contributed by atoms with E-state index in [2.05, 4.69) is 22.5 Å². The molecule has 0 saturated carbocycles. The number of carbonyl (C=O) groups excluding carboxylic acids is 1. The number of nitrogens with one attached hydrogen (secondary N) is 1. The molecule has 5 nitrogen and oxygen atoms in total. The quantitative estimate of drug-likeness (QED) is 0.854. The fourth-order valence-electron chi connectivity index (χ4n) is 1.83. The van der Waals surface area contributed by atoms with Crippen LogP contribution in [0.4, 0.5) is 5.82 Å². The van der Waals surface area contributed by atoms with E-state index < -0.39 is 0 Å². The summed E-state index contributed by atoms with van der Waals surface area (Å²) in [7, 11) is 0. The summed E-state index contributed by atoms with van der Waals surface area (Å²) in [5.74, 6) is 0.637. The summed E-state index contributed by atoms with van der Waals surface area (Å²) in [6.07, 6.45) is 2.88. The predicted molar refractivity (Wildman–Crippen MR) is 81.9 cm³/mol. The van der Waals surface area contributed by atoms with E-state index in [0.29, 0.717) is 13.0 Å². The Hall–Kier alpha value is -1.85. The Labute approximate surface area is 124 Å². The van der Waals surface area contributed by atoms with Crippen LogP contribution in [0.25, 0.3) is 0 Å². The number of amides is 1. The standard InChI is InChI=1S/C14H18N4O.ClH/c15-9-6-14(19)17-13-7-10-16-18(13)11-8-12-4-2-1-3-5-12;/h1-5,7,10H,6,8-9,11,15H2,(H,17,19);1H. The Morgan fingerprint density at radius 3 is 2.70 bits per heavy atom. The van der Waals surface area contributed by atoms with Crippen molar-refractivity contribution in [3.63, 3.8) is 0 Å². The Balaban J connectivity index is 0.00000200. The number of halogens is 1. The number of hydrogen-bond acceptors (Lipinski definition) is 3. The maximum absolute atomic E-state index is 11.5. The van der Waals surface area contributed by atoms with Gasteiger partial charge >= 0.3 is 0 Å². The lowest BCUT2D eigenvalue weighted by atomic mass is 10.1. The maximum atomic E-state index is 11.5. The summed E-state index contributed by atoms with van der Waals surface area (Å²) in [5.41, 5.74) is 6.60. The third-order valence-electron chi connectivity index (χ3n) is 2.81. The van der Waals surface area contributed by atoms with Gasteiger partial charge in [0.2, 0.25) is 5.91 Å². The van der Waals surface area contributed by atoms with Crippen molar-refractivity contribution in [3.8, 4) is 0 Å². The average Bonchev–Trinajstić information content (AvgIpc) is 2.85. The number of aryl methyl sites for hydroxylation is 2. The van der Waals surface area contributed by atoms with Gasteiger partial charge < -0.3 is 11.1 Å². The van der Waals surface area contributed by atoms with Crippen molar-refractivity contribution in [1.82, 2.24) is 9.78 Å². The summed E-state index contributed by atoms with van der Waals surface area (Å²) in [6, 6.07) is 12.0. The second kappa shape index (κ2) is 8.35. The van der Waals surface area contributed by atoms with Gasteiger partial charge in [-0.25, -0.2) is 4.68 Å². The summed E-state index contributed by atoms with van der Waals surface area (Å²) < 4.78 is 1.79. The predicted octanol–water partition coefficient (Wildman–Crippen LogP) is 1.83. The van der Waals surface area contributed by atoms with Crippen LogP contribution in [0, 0.1) is 0 Å². The van der Waals surface area contributed by atoms with Crippen molar-refractivity contribution >= 4 is 24.1 Å². The molecule has 0 atom stereocenters. The highest BCUT2D eigenvalue weighted by molar-refractivity contribution is 5.89. The second-order valence-electron chi connectivity index (χ2n) is 4.26. The van der Waals surface area contributed by atoms with E-state index in [1.165, 1.54) is 5.56 Å². The molecule has 2 aromatic rings. The van der Waals surface area contributed by atoms with E-state index in [1.54, 1.807) is 16.9 Å². The van der Waals surface area contributed by atoms with E-state index in [0.717, 1.165) is 18.8 Å². The molecule has 0 aliphatic rings. The lowest BCUT2D eigenvalue weighted by molar-refractivity contribution is -0.116. The molecule has 1 heterocycles. The minimum absolute atomic E-state index is 0. The zero-order chi connectivity index (χ0) is 13.5. The number of anilines is 1. The van der Waals surface area contributed by atoms with Crippen molar-refractivity contribution < 1.29 is 4.79 Å². The van der Waals surface area contributed by atoms with Crippen molar-refractivity contribution in [2.24, 2.45) is 5.73 Å². The zero-order valence-electron chi connectivity index (χ0n) is 11.2. The van der Waals surface area contributed by atoms with Gasteiger partial charge in [-0.2, -0.15) is 5.10 Å². The first-order valence-electron chi connectivity index (χ1n) is 6.35. The van der Waals surface area contributed by atoms with Crippen molar-refractivity contribution in [2.75, 3.05) is 11.9 Å². The molecular weight excluding hydrogens is 276 g/mol. The van der Waals surface area contributed by atoms with Crippen LogP contribution in [-0.2, 0) is 17.8 Å². The normalized spacial score (nSPS) is 9.85. The fourth-order valence-corrected chi connectivity index (χ4v) is 1.83. The molecule has 0 fully saturated rings. The van der Waals surface area contributed by atoms with Crippen molar-refractivity contribution in [3.05, 3.63) is 48.2 Å². The number of hydrogen-bond donors (Lipinski definition) is 2. The Bertz CT molecular complexity index is 527. The van der Waals surface area contributed by atoms with E-state index in [1.807, 2.05) is 18.2 Å². The molecule has 2 rings (SSSR count). The van der Waals surface area contributed by atoms with Gasteiger partial charge in [0.1, 0.15) is 5.82 Å². The number of nitrogens with two attached hydrogens (primary N) is 1. The summed E-state index contributed by atoms with van der Waals surface area (Å²) in [4.78, 5) is 11.5. The van der Waals surface area contributed by atoms with Crippen LogP contribution < -0.4 is 11.1 Å². The fraction of sp³-hybridized carbons (Fsp3) is 0.286. The molecule has 20 heavy (non-hydrogen) atoms. The number of aromatic nitrogens is 2. The molecule has 0 spiro atoms. The summed E-state index contributed by atoms with van der Waals surface area (Å²) in [5, 5.41) is 7.02. The number of nitrogens with zero attached hydrogens (tertiary/aromatic N) is 2. The smallest absolute Gasteiger partial charge is 0.226 e. The number of carbonyl (C=O) groups is 1. The van der Waals surface area contributed by atoms with Gasteiger partial charge in [0.05, 0.1) is 6.20 Å². The SMILES string of the molecule is Cl.NCCC(=O)Nc1ccnn1CCc1ccccc1. The second-order valence-corrected chi connectivity index (χ2v) is 4.26. The highest BCUT2D eigenvalue weighted by atomic mass is 35.5. The van der Waals surface area contributed by atoms with E-state index in [4.69, 9.17) is 5.73 Å². The molecule has 0 aliphatic carbocycles. The maximum Gasteiger partial charge on any atom is 0.226 e. The van der Waals surface area contributed by atoms with E-state index in [9.17, 15) is 4.79 Å². The Morgan fingerprint density at radius 2 is 2.00 bits per heavy atom. The van der Waals surface area contributed by atoms with Gasteiger partial charge in [-0.1, -0.05) is 30.3 Å². The average molecular weight is 295 g/mol. The topological polar surface area (TPSA) is 72.9 Å². The van der Waals surface area contributed by atoms with Gasteiger partial charge in [-0.15, -0.1) is 12.4 Å². The Kier molecular flexibility index (Phi) is 6.76. The van der Waals surface area contributed by atoms with Crippen molar-refractivity contribution in [2.45, 2.75) is 19.4 Å². The van der Waals surface area contributed by atoms with Gasteiger partial charge in [0.15, 0.2) is 0 Å². The summed E-state index contributed by atoms with van der Waals surface area (Å²) >= 11 is 0. The molecular formula is C14H19ClN4O. The molecule has 6 heteroatoms. The van der Waals surface area contributed by atoms with Gasteiger partial charge in [-0.3, -0.25) is 4.79 Å². The van der Waals surface area contributed by atoms with Crippen LogP contribution >= 0.6 is 12.4 Å². The number of rotatable bonds is 6. The molecule has 3 N–H and O–H groups in total. The third kappa shape index (κ3) is 4.68. The molecule has 0 aliphatic heterocycles. The van der Waals surface area contributed by atoms with E-state index in [-0.39, 0.29) is 18.3 Å². The van der Waals surface area contributed by atoms with Crippen molar-refractivity contribution in [1.29, 1.82) is 0 Å². The highest BCUT2D eigenvalue weighted by Crippen LogP contribution is 2.09.